The van der Waals surface area contributed by atoms with Crippen molar-refractivity contribution in [3.8, 4) is 0 Å². The van der Waals surface area contributed by atoms with Crippen molar-refractivity contribution < 1.29 is 13.2 Å². The topological polar surface area (TPSA) is 79.4 Å². The van der Waals surface area contributed by atoms with Crippen molar-refractivity contribution >= 4 is 31.9 Å². The molecule has 1 N–H and O–H groups in total. The zero-order valence-electron chi connectivity index (χ0n) is 12.7. The van der Waals surface area contributed by atoms with Gasteiger partial charge < -0.3 is 5.32 Å². The number of sulfonamides is 1. The molecule has 0 aliphatic heterocycles. The van der Waals surface area contributed by atoms with Gasteiger partial charge >= 0.3 is 0 Å². The Morgan fingerprint density at radius 2 is 2.00 bits per heavy atom. The first-order chi connectivity index (χ1) is 10.8. The predicted molar refractivity (Wildman–Crippen MR) is 90.4 cm³/mol. The second kappa shape index (κ2) is 7.20. The molecule has 1 aromatic heterocycles. The molecule has 1 amide bonds. The Morgan fingerprint density at radius 1 is 1.26 bits per heavy atom. The lowest BCUT2D eigenvalue weighted by Crippen LogP contribution is -2.25. The Hall–Kier alpha value is -1.77. The predicted octanol–water partition coefficient (Wildman–Crippen LogP) is 2.02. The molecular weight excluding hydrogens is 382 g/mol. The number of halogens is 1. The highest BCUT2D eigenvalue weighted by atomic mass is 79.9. The average molecular weight is 398 g/mol. The number of carbonyl (C=O) groups excluding carboxylic acids is 1. The van der Waals surface area contributed by atoms with Gasteiger partial charge in [0.25, 0.3) is 5.91 Å². The zero-order valence-corrected chi connectivity index (χ0v) is 15.1. The molecule has 0 radical (unpaired) electrons. The van der Waals surface area contributed by atoms with E-state index in [0.29, 0.717) is 4.47 Å². The zero-order chi connectivity index (χ0) is 17.0. The molecule has 0 fully saturated rings. The summed E-state index contributed by atoms with van der Waals surface area (Å²) in [6.07, 6.45) is 1.64. The molecule has 0 unspecified atom stereocenters. The van der Waals surface area contributed by atoms with E-state index in [1.165, 1.54) is 20.2 Å². The summed E-state index contributed by atoms with van der Waals surface area (Å²) in [4.78, 5) is 16.4. The summed E-state index contributed by atoms with van der Waals surface area (Å²) in [7, 11) is -0.756. The number of carbonyl (C=O) groups is 1. The SMILES string of the molecule is CN(C)S(=O)(=O)c1cc(C(=O)NCc2ccccn2)ccc1Br. The van der Waals surface area contributed by atoms with E-state index in [9.17, 15) is 13.2 Å². The van der Waals surface area contributed by atoms with Crippen LogP contribution in [0.1, 0.15) is 16.1 Å². The lowest BCUT2D eigenvalue weighted by Gasteiger charge is -2.14. The Kier molecular flexibility index (Phi) is 5.51. The van der Waals surface area contributed by atoms with Gasteiger partial charge in [0.1, 0.15) is 0 Å². The van der Waals surface area contributed by atoms with Crippen molar-refractivity contribution in [2.24, 2.45) is 0 Å². The number of nitrogens with zero attached hydrogens (tertiary/aromatic N) is 2. The van der Waals surface area contributed by atoms with Gasteiger partial charge in [-0.15, -0.1) is 0 Å². The van der Waals surface area contributed by atoms with E-state index in [4.69, 9.17) is 0 Å². The first-order valence-electron chi connectivity index (χ1n) is 6.72. The molecule has 6 nitrogen and oxygen atoms in total. The monoisotopic (exact) mass is 397 g/mol. The number of hydrogen-bond acceptors (Lipinski definition) is 4. The van der Waals surface area contributed by atoms with E-state index >= 15 is 0 Å². The minimum absolute atomic E-state index is 0.0491. The van der Waals surface area contributed by atoms with Gasteiger partial charge in [0.2, 0.25) is 10.0 Å². The molecule has 1 heterocycles. The summed E-state index contributed by atoms with van der Waals surface area (Å²) in [5, 5.41) is 2.72. The molecular formula is C15H16BrN3O3S. The van der Waals surface area contributed by atoms with Crippen LogP contribution in [0.15, 0.2) is 52.0 Å². The van der Waals surface area contributed by atoms with Crippen molar-refractivity contribution in [2.45, 2.75) is 11.4 Å². The van der Waals surface area contributed by atoms with Crippen LogP contribution in [0.5, 0.6) is 0 Å². The highest BCUT2D eigenvalue weighted by Crippen LogP contribution is 2.25. The molecule has 0 aliphatic rings. The second-order valence-corrected chi connectivity index (χ2v) is 7.91. The Morgan fingerprint density at radius 3 is 2.61 bits per heavy atom. The van der Waals surface area contributed by atoms with E-state index in [-0.39, 0.29) is 22.9 Å². The van der Waals surface area contributed by atoms with Gasteiger partial charge in [-0.2, -0.15) is 0 Å². The van der Waals surface area contributed by atoms with Crippen molar-refractivity contribution in [3.63, 3.8) is 0 Å². The molecule has 0 aliphatic carbocycles. The van der Waals surface area contributed by atoms with Gasteiger partial charge in [-0.3, -0.25) is 9.78 Å². The Bertz CT molecular complexity index is 808. The summed E-state index contributed by atoms with van der Waals surface area (Å²) in [6.45, 7) is 0.269. The van der Waals surface area contributed by atoms with Crippen molar-refractivity contribution in [1.29, 1.82) is 0 Å². The van der Waals surface area contributed by atoms with Crippen molar-refractivity contribution in [3.05, 3.63) is 58.3 Å². The summed E-state index contributed by atoms with van der Waals surface area (Å²) >= 11 is 3.21. The first kappa shape index (κ1) is 17.6. The van der Waals surface area contributed by atoms with Crippen LogP contribution in [0.25, 0.3) is 0 Å². The first-order valence-corrected chi connectivity index (χ1v) is 8.96. The normalized spacial score (nSPS) is 11.5. The van der Waals surface area contributed by atoms with E-state index in [2.05, 4.69) is 26.2 Å². The van der Waals surface area contributed by atoms with Crippen LogP contribution in [0.2, 0.25) is 0 Å². The van der Waals surface area contributed by atoms with Gasteiger partial charge in [-0.25, -0.2) is 12.7 Å². The summed E-state index contributed by atoms with van der Waals surface area (Å²) in [5.41, 5.74) is 0.989. The maximum atomic E-state index is 12.3. The van der Waals surface area contributed by atoms with E-state index in [1.807, 2.05) is 6.07 Å². The Labute approximate surface area is 143 Å². The molecule has 122 valence electrons. The third-order valence-corrected chi connectivity index (χ3v) is 5.92. The molecule has 0 saturated carbocycles. The largest absolute Gasteiger partial charge is 0.346 e. The maximum Gasteiger partial charge on any atom is 0.251 e. The van der Waals surface area contributed by atoms with Crippen LogP contribution in [-0.2, 0) is 16.6 Å². The summed E-state index contributed by atoms with van der Waals surface area (Å²) < 4.78 is 26.0. The van der Waals surface area contributed by atoms with Gasteiger partial charge in [-0.1, -0.05) is 6.07 Å². The molecule has 1 aromatic carbocycles. The van der Waals surface area contributed by atoms with Gasteiger partial charge in [-0.05, 0) is 46.3 Å². The number of pyridine rings is 1. The molecule has 2 aromatic rings. The Balaban J connectivity index is 2.22. The van der Waals surface area contributed by atoms with Crippen LogP contribution in [0.3, 0.4) is 0 Å². The number of benzene rings is 1. The number of nitrogens with one attached hydrogen (secondary N) is 1. The summed E-state index contributed by atoms with van der Waals surface area (Å²) in [5.74, 6) is -0.363. The highest BCUT2D eigenvalue weighted by molar-refractivity contribution is 9.10. The number of hydrogen-bond donors (Lipinski definition) is 1. The van der Waals surface area contributed by atoms with Crippen molar-refractivity contribution in [1.82, 2.24) is 14.6 Å². The number of amides is 1. The third kappa shape index (κ3) is 4.15. The standard InChI is InChI=1S/C15H16BrN3O3S/c1-19(2)23(21,22)14-9-11(6-7-13(14)16)15(20)18-10-12-5-3-4-8-17-12/h3-9H,10H2,1-2H3,(H,18,20). The highest BCUT2D eigenvalue weighted by Gasteiger charge is 2.22. The van der Waals surface area contributed by atoms with Crippen LogP contribution >= 0.6 is 15.9 Å². The molecule has 0 spiro atoms. The molecule has 8 heteroatoms. The summed E-state index contributed by atoms with van der Waals surface area (Å²) in [6, 6.07) is 9.88. The van der Waals surface area contributed by atoms with E-state index in [1.54, 1.807) is 30.5 Å². The van der Waals surface area contributed by atoms with Crippen LogP contribution in [0.4, 0.5) is 0 Å². The molecule has 23 heavy (non-hydrogen) atoms. The molecule has 0 saturated heterocycles. The van der Waals surface area contributed by atoms with Crippen LogP contribution < -0.4 is 5.32 Å². The fourth-order valence-electron chi connectivity index (χ4n) is 1.81. The quantitative estimate of drug-likeness (QED) is 0.836. The van der Waals surface area contributed by atoms with Gasteiger partial charge in [0.15, 0.2) is 0 Å². The van der Waals surface area contributed by atoms with Crippen LogP contribution in [-0.4, -0.2) is 37.7 Å². The second-order valence-electron chi connectivity index (χ2n) is 4.94. The van der Waals surface area contributed by atoms with Gasteiger partial charge in [0, 0.05) is 30.3 Å². The lowest BCUT2D eigenvalue weighted by molar-refractivity contribution is 0.0950. The molecule has 0 bridgehead atoms. The smallest absolute Gasteiger partial charge is 0.251 e. The molecule has 0 atom stereocenters. The minimum atomic E-state index is -3.64. The van der Waals surface area contributed by atoms with Crippen LogP contribution in [0, 0.1) is 0 Å². The number of rotatable bonds is 5. The fraction of sp³-hybridized carbons (Fsp3) is 0.200. The third-order valence-electron chi connectivity index (χ3n) is 3.11. The van der Waals surface area contributed by atoms with E-state index in [0.717, 1.165) is 10.00 Å². The maximum absolute atomic E-state index is 12.3. The minimum Gasteiger partial charge on any atom is -0.346 e. The number of aromatic nitrogens is 1. The molecule has 2 rings (SSSR count). The van der Waals surface area contributed by atoms with Gasteiger partial charge in [0.05, 0.1) is 17.1 Å². The fourth-order valence-corrected chi connectivity index (χ4v) is 3.66. The lowest BCUT2D eigenvalue weighted by atomic mass is 10.2. The van der Waals surface area contributed by atoms with E-state index < -0.39 is 10.0 Å². The van der Waals surface area contributed by atoms with Crippen molar-refractivity contribution in [2.75, 3.05) is 14.1 Å². The average Bonchev–Trinajstić information content (AvgIpc) is 2.53.